The van der Waals surface area contributed by atoms with Crippen LogP contribution in [0.2, 0.25) is 0 Å². The topological polar surface area (TPSA) is 62.1 Å². The number of nitrogens with one attached hydrogen (secondary N) is 1. The van der Waals surface area contributed by atoms with Gasteiger partial charge < -0.3 is 10.1 Å². The van der Waals surface area contributed by atoms with Gasteiger partial charge in [-0.2, -0.15) is 5.26 Å². The fourth-order valence-corrected chi connectivity index (χ4v) is 2.75. The van der Waals surface area contributed by atoms with E-state index >= 15 is 0 Å². The van der Waals surface area contributed by atoms with Gasteiger partial charge in [0.2, 0.25) is 0 Å². The van der Waals surface area contributed by atoms with Crippen molar-refractivity contribution < 1.29 is 9.53 Å². The summed E-state index contributed by atoms with van der Waals surface area (Å²) in [5, 5.41) is 12.2. The van der Waals surface area contributed by atoms with Crippen LogP contribution < -0.4 is 10.1 Å². The van der Waals surface area contributed by atoms with E-state index in [1.54, 1.807) is 6.07 Å². The summed E-state index contributed by atoms with van der Waals surface area (Å²) in [7, 11) is 0. The smallest absolute Gasteiger partial charge is 0.266 e. The summed E-state index contributed by atoms with van der Waals surface area (Å²) in [6.07, 6.45) is 1.54. The lowest BCUT2D eigenvalue weighted by Gasteiger charge is -2.10. The van der Waals surface area contributed by atoms with Crippen molar-refractivity contribution in [3.05, 3.63) is 63.1 Å². The standard InChI is InChI=1S/C20H19BrN2O2/c1-4-25-19-8-6-17(21)11-15(19)10-16(12-22)20(24)23-18-7-5-13(2)9-14(18)3/h5-11H,4H2,1-3H3,(H,23,24)/b16-10+. The molecule has 128 valence electrons. The number of rotatable bonds is 5. The molecule has 4 nitrogen and oxygen atoms in total. The van der Waals surface area contributed by atoms with E-state index in [0.29, 0.717) is 23.6 Å². The Bertz CT molecular complexity index is 866. The molecule has 0 saturated carbocycles. The molecular formula is C20H19BrN2O2. The predicted molar refractivity (Wildman–Crippen MR) is 103 cm³/mol. The third-order valence-electron chi connectivity index (χ3n) is 3.57. The number of carbonyl (C=O) groups excluding carboxylic acids is 1. The number of hydrogen-bond donors (Lipinski definition) is 1. The Hall–Kier alpha value is -2.58. The summed E-state index contributed by atoms with van der Waals surface area (Å²) in [6.45, 7) is 6.29. The zero-order valence-electron chi connectivity index (χ0n) is 14.4. The molecule has 0 aliphatic rings. The van der Waals surface area contributed by atoms with E-state index in [9.17, 15) is 10.1 Å². The van der Waals surface area contributed by atoms with Crippen molar-refractivity contribution in [2.45, 2.75) is 20.8 Å². The number of nitriles is 1. The maximum absolute atomic E-state index is 12.5. The minimum atomic E-state index is -0.447. The Morgan fingerprint density at radius 3 is 2.68 bits per heavy atom. The second-order valence-electron chi connectivity index (χ2n) is 5.56. The molecule has 5 heteroatoms. The molecule has 0 aliphatic carbocycles. The maximum atomic E-state index is 12.5. The first-order chi connectivity index (χ1) is 11.9. The molecule has 0 radical (unpaired) electrons. The van der Waals surface area contributed by atoms with E-state index < -0.39 is 5.91 Å². The van der Waals surface area contributed by atoms with Crippen LogP contribution in [0.3, 0.4) is 0 Å². The van der Waals surface area contributed by atoms with Gasteiger partial charge in [0.15, 0.2) is 0 Å². The maximum Gasteiger partial charge on any atom is 0.266 e. The summed E-state index contributed by atoms with van der Waals surface area (Å²) in [5.41, 5.74) is 3.43. The fourth-order valence-electron chi connectivity index (χ4n) is 2.37. The van der Waals surface area contributed by atoms with Crippen LogP contribution in [0.4, 0.5) is 5.69 Å². The Morgan fingerprint density at radius 1 is 1.28 bits per heavy atom. The molecule has 1 N–H and O–H groups in total. The van der Waals surface area contributed by atoms with Crippen LogP contribution in [0, 0.1) is 25.2 Å². The summed E-state index contributed by atoms with van der Waals surface area (Å²) >= 11 is 3.40. The quantitative estimate of drug-likeness (QED) is 0.568. The predicted octanol–water partition coefficient (Wildman–Crippen LogP) is 5.01. The third kappa shape index (κ3) is 4.94. The van der Waals surface area contributed by atoms with Crippen molar-refractivity contribution in [2.24, 2.45) is 0 Å². The number of amides is 1. The molecule has 2 aromatic rings. The minimum absolute atomic E-state index is 0.0130. The molecule has 2 rings (SSSR count). The number of anilines is 1. The van der Waals surface area contributed by atoms with Gasteiger partial charge in [-0.15, -0.1) is 0 Å². The van der Waals surface area contributed by atoms with E-state index in [1.807, 2.05) is 57.2 Å². The van der Waals surface area contributed by atoms with E-state index in [0.717, 1.165) is 15.6 Å². The average molecular weight is 399 g/mol. The van der Waals surface area contributed by atoms with E-state index in [1.165, 1.54) is 6.08 Å². The zero-order chi connectivity index (χ0) is 18.4. The summed E-state index contributed by atoms with van der Waals surface area (Å²) in [6, 6.07) is 13.2. The number of hydrogen-bond acceptors (Lipinski definition) is 3. The highest BCUT2D eigenvalue weighted by Gasteiger charge is 2.13. The molecule has 0 aliphatic heterocycles. The second-order valence-corrected chi connectivity index (χ2v) is 6.47. The average Bonchev–Trinajstić information content (AvgIpc) is 2.57. The van der Waals surface area contributed by atoms with Crippen molar-refractivity contribution >= 4 is 33.6 Å². The Kier molecular flexibility index (Phi) is 6.37. The molecule has 0 atom stereocenters. The first-order valence-corrected chi connectivity index (χ1v) is 8.66. The molecule has 0 heterocycles. The number of benzene rings is 2. The molecule has 0 saturated heterocycles. The molecule has 2 aromatic carbocycles. The molecule has 0 aromatic heterocycles. The van der Waals surface area contributed by atoms with Crippen LogP contribution in [-0.4, -0.2) is 12.5 Å². The first-order valence-electron chi connectivity index (χ1n) is 7.87. The normalized spacial score (nSPS) is 10.9. The highest BCUT2D eigenvalue weighted by Crippen LogP contribution is 2.26. The molecule has 0 unspecified atom stereocenters. The van der Waals surface area contributed by atoms with Gasteiger partial charge in [-0.1, -0.05) is 33.6 Å². The lowest BCUT2D eigenvalue weighted by atomic mass is 10.1. The molecule has 0 spiro atoms. The minimum Gasteiger partial charge on any atom is -0.493 e. The lowest BCUT2D eigenvalue weighted by molar-refractivity contribution is -0.112. The van der Waals surface area contributed by atoms with E-state index in [4.69, 9.17) is 4.74 Å². The number of nitrogens with zero attached hydrogens (tertiary/aromatic N) is 1. The Balaban J connectivity index is 2.32. The Labute approximate surface area is 156 Å². The first kappa shape index (κ1) is 18.8. The number of aryl methyl sites for hydroxylation is 2. The van der Waals surface area contributed by atoms with Crippen LogP contribution in [0.5, 0.6) is 5.75 Å². The van der Waals surface area contributed by atoms with Crippen molar-refractivity contribution in [1.82, 2.24) is 0 Å². The second kappa shape index (κ2) is 8.50. The van der Waals surface area contributed by atoms with E-state index in [2.05, 4.69) is 21.2 Å². The lowest BCUT2D eigenvalue weighted by Crippen LogP contribution is -2.14. The van der Waals surface area contributed by atoms with Crippen molar-refractivity contribution in [1.29, 1.82) is 5.26 Å². The van der Waals surface area contributed by atoms with Crippen LogP contribution in [0.15, 0.2) is 46.4 Å². The van der Waals surface area contributed by atoms with E-state index in [-0.39, 0.29) is 5.57 Å². The van der Waals surface area contributed by atoms with Gasteiger partial charge >= 0.3 is 0 Å². The third-order valence-corrected chi connectivity index (χ3v) is 4.06. The highest BCUT2D eigenvalue weighted by atomic mass is 79.9. The van der Waals surface area contributed by atoms with Gasteiger partial charge in [0.1, 0.15) is 17.4 Å². The summed E-state index contributed by atoms with van der Waals surface area (Å²) in [5.74, 6) is 0.176. The van der Waals surface area contributed by atoms with Crippen molar-refractivity contribution in [3.8, 4) is 11.8 Å². The number of halogens is 1. The number of carbonyl (C=O) groups is 1. The van der Waals surface area contributed by atoms with Gasteiger partial charge in [-0.25, -0.2) is 0 Å². The fraction of sp³-hybridized carbons (Fsp3) is 0.200. The Morgan fingerprint density at radius 2 is 2.04 bits per heavy atom. The van der Waals surface area contributed by atoms with Crippen molar-refractivity contribution in [3.63, 3.8) is 0 Å². The highest BCUT2D eigenvalue weighted by molar-refractivity contribution is 9.10. The molecular weight excluding hydrogens is 380 g/mol. The molecule has 25 heavy (non-hydrogen) atoms. The van der Waals surface area contributed by atoms with Crippen LogP contribution in [0.25, 0.3) is 6.08 Å². The van der Waals surface area contributed by atoms with Crippen molar-refractivity contribution in [2.75, 3.05) is 11.9 Å². The van der Waals surface area contributed by atoms with Crippen LogP contribution >= 0.6 is 15.9 Å². The van der Waals surface area contributed by atoms with Crippen LogP contribution in [-0.2, 0) is 4.79 Å². The van der Waals surface area contributed by atoms with Gasteiger partial charge in [0.25, 0.3) is 5.91 Å². The summed E-state index contributed by atoms with van der Waals surface area (Å²) in [4.78, 5) is 12.5. The molecule has 0 fully saturated rings. The van der Waals surface area contributed by atoms with Gasteiger partial charge in [0.05, 0.1) is 6.61 Å². The van der Waals surface area contributed by atoms with Gasteiger partial charge in [0, 0.05) is 15.7 Å². The molecule has 1 amide bonds. The van der Waals surface area contributed by atoms with Gasteiger partial charge in [-0.3, -0.25) is 4.79 Å². The largest absolute Gasteiger partial charge is 0.493 e. The van der Waals surface area contributed by atoms with Gasteiger partial charge in [-0.05, 0) is 56.7 Å². The SMILES string of the molecule is CCOc1ccc(Br)cc1/C=C(\C#N)C(=O)Nc1ccc(C)cc1C. The zero-order valence-corrected chi connectivity index (χ0v) is 16.0. The molecule has 0 bridgehead atoms. The number of ether oxygens (including phenoxy) is 1. The monoisotopic (exact) mass is 398 g/mol. The summed E-state index contributed by atoms with van der Waals surface area (Å²) < 4.78 is 6.40. The van der Waals surface area contributed by atoms with Crippen LogP contribution in [0.1, 0.15) is 23.6 Å².